The summed E-state index contributed by atoms with van der Waals surface area (Å²) in [6.07, 6.45) is 2.85. The molecule has 94 valence electrons. The van der Waals surface area contributed by atoms with Gasteiger partial charge in [-0.1, -0.05) is 6.07 Å². The number of hydrogen-bond acceptors (Lipinski definition) is 3. The van der Waals surface area contributed by atoms with Crippen LogP contribution >= 0.6 is 0 Å². The lowest BCUT2D eigenvalue weighted by Crippen LogP contribution is -2.15. The highest BCUT2D eigenvalue weighted by atomic mass is 16.4. The second-order valence-electron chi connectivity index (χ2n) is 4.11. The van der Waals surface area contributed by atoms with Crippen molar-refractivity contribution in [1.29, 1.82) is 0 Å². The Morgan fingerprint density at radius 1 is 1.39 bits per heavy atom. The third-order valence-electron chi connectivity index (χ3n) is 2.85. The van der Waals surface area contributed by atoms with Crippen LogP contribution in [0.5, 0.6) is 0 Å². The first-order valence-corrected chi connectivity index (χ1v) is 5.71. The molecule has 0 aliphatic heterocycles. The van der Waals surface area contributed by atoms with E-state index in [1.54, 1.807) is 12.1 Å². The van der Waals surface area contributed by atoms with Crippen molar-refractivity contribution >= 4 is 16.9 Å². The zero-order valence-electron chi connectivity index (χ0n) is 9.77. The van der Waals surface area contributed by atoms with Gasteiger partial charge in [0, 0.05) is 17.1 Å². The number of nitrogens with two attached hydrogens (primary N) is 1. The third-order valence-corrected chi connectivity index (χ3v) is 2.85. The fraction of sp³-hybridized carbons (Fsp3) is 0.231. The predicted octanol–water partition coefficient (Wildman–Crippen LogP) is 1.12. The van der Waals surface area contributed by atoms with Crippen LogP contribution in [0.3, 0.4) is 0 Å². The molecule has 1 aromatic heterocycles. The number of aromatic nitrogens is 1. The Labute approximate surface area is 103 Å². The minimum atomic E-state index is -1.22. The van der Waals surface area contributed by atoms with E-state index in [1.165, 1.54) is 6.20 Å². The monoisotopic (exact) mass is 246 g/mol. The van der Waals surface area contributed by atoms with Gasteiger partial charge >= 0.3 is 5.97 Å². The van der Waals surface area contributed by atoms with Gasteiger partial charge in [-0.05, 0) is 37.1 Å². The van der Waals surface area contributed by atoms with Crippen LogP contribution < -0.4 is 11.2 Å². The Bertz CT molecular complexity index is 646. The standard InChI is InChI=1S/C13H14N2O3/c14-5-1-2-8-3-4-11-9(6-8)12(16)10(7-15-11)13(17)18/h3-4,6-7H,1-2,5,14H2,(H,15,16)(H,17,18). The van der Waals surface area contributed by atoms with E-state index in [9.17, 15) is 9.59 Å². The number of nitrogens with one attached hydrogen (secondary N) is 1. The Hall–Kier alpha value is -2.14. The van der Waals surface area contributed by atoms with Crippen LogP contribution in [0.2, 0.25) is 0 Å². The molecular weight excluding hydrogens is 232 g/mol. The van der Waals surface area contributed by atoms with Crippen LogP contribution in [0.1, 0.15) is 22.3 Å². The number of aromatic carboxylic acids is 1. The summed E-state index contributed by atoms with van der Waals surface area (Å²) < 4.78 is 0. The second kappa shape index (κ2) is 5.01. The number of rotatable bonds is 4. The van der Waals surface area contributed by atoms with E-state index in [1.807, 2.05) is 6.07 Å². The number of aryl methyl sites for hydroxylation is 1. The van der Waals surface area contributed by atoms with Gasteiger partial charge in [0.2, 0.25) is 5.43 Å². The lowest BCUT2D eigenvalue weighted by atomic mass is 10.1. The number of hydrogen-bond donors (Lipinski definition) is 3. The van der Waals surface area contributed by atoms with Crippen LogP contribution in [0.25, 0.3) is 10.9 Å². The summed E-state index contributed by atoms with van der Waals surface area (Å²) in [6.45, 7) is 0.587. The lowest BCUT2D eigenvalue weighted by Gasteiger charge is -2.03. The Morgan fingerprint density at radius 3 is 2.83 bits per heavy atom. The normalized spacial score (nSPS) is 10.7. The van der Waals surface area contributed by atoms with Gasteiger partial charge in [-0.15, -0.1) is 0 Å². The van der Waals surface area contributed by atoms with Crippen molar-refractivity contribution in [2.75, 3.05) is 6.54 Å². The van der Waals surface area contributed by atoms with E-state index < -0.39 is 11.4 Å². The summed E-state index contributed by atoms with van der Waals surface area (Å²) in [6, 6.07) is 5.43. The first-order valence-electron chi connectivity index (χ1n) is 5.71. The van der Waals surface area contributed by atoms with E-state index >= 15 is 0 Å². The Kier molecular flexibility index (Phi) is 3.43. The number of carbonyl (C=O) groups is 1. The minimum absolute atomic E-state index is 0.238. The molecule has 0 radical (unpaired) electrons. The van der Waals surface area contributed by atoms with Gasteiger partial charge in [-0.2, -0.15) is 0 Å². The van der Waals surface area contributed by atoms with Crippen LogP contribution in [-0.2, 0) is 6.42 Å². The van der Waals surface area contributed by atoms with Crippen molar-refractivity contribution < 1.29 is 9.90 Å². The summed E-state index contributed by atoms with van der Waals surface area (Å²) in [7, 11) is 0. The van der Waals surface area contributed by atoms with Crippen molar-refractivity contribution in [3.63, 3.8) is 0 Å². The maximum atomic E-state index is 12.0. The summed E-state index contributed by atoms with van der Waals surface area (Å²) in [5.41, 5.74) is 6.37. The lowest BCUT2D eigenvalue weighted by molar-refractivity contribution is 0.0695. The van der Waals surface area contributed by atoms with Gasteiger partial charge in [0.25, 0.3) is 0 Å². The Morgan fingerprint density at radius 2 is 2.17 bits per heavy atom. The maximum Gasteiger partial charge on any atom is 0.341 e. The van der Waals surface area contributed by atoms with Gasteiger partial charge in [-0.3, -0.25) is 4.79 Å². The fourth-order valence-corrected chi connectivity index (χ4v) is 1.89. The molecule has 1 heterocycles. The molecule has 2 rings (SSSR count). The molecule has 5 nitrogen and oxygen atoms in total. The second-order valence-corrected chi connectivity index (χ2v) is 4.11. The highest BCUT2D eigenvalue weighted by Gasteiger charge is 2.11. The van der Waals surface area contributed by atoms with E-state index in [0.717, 1.165) is 18.4 Å². The molecule has 0 fully saturated rings. The SMILES string of the molecule is NCCCc1ccc2[nH]cc(C(=O)O)c(=O)c2c1. The largest absolute Gasteiger partial charge is 0.477 e. The predicted molar refractivity (Wildman–Crippen MR) is 68.9 cm³/mol. The number of carboxylic acids is 1. The topological polar surface area (TPSA) is 96.2 Å². The summed E-state index contributed by atoms with van der Waals surface area (Å²) >= 11 is 0. The van der Waals surface area contributed by atoms with Gasteiger partial charge in [0.1, 0.15) is 5.56 Å². The van der Waals surface area contributed by atoms with Crippen molar-refractivity contribution in [3.05, 3.63) is 45.7 Å². The number of fused-ring (bicyclic) bond motifs is 1. The molecule has 2 aromatic rings. The van der Waals surface area contributed by atoms with Crippen LogP contribution in [0, 0.1) is 0 Å². The first kappa shape index (κ1) is 12.3. The smallest absolute Gasteiger partial charge is 0.341 e. The van der Waals surface area contributed by atoms with Gasteiger partial charge in [0.15, 0.2) is 0 Å². The highest BCUT2D eigenvalue weighted by molar-refractivity contribution is 5.92. The molecule has 4 N–H and O–H groups in total. The molecule has 0 atom stereocenters. The van der Waals surface area contributed by atoms with Gasteiger partial charge in [0.05, 0.1) is 0 Å². The molecule has 0 saturated carbocycles. The van der Waals surface area contributed by atoms with Crippen LogP contribution in [0.4, 0.5) is 0 Å². The minimum Gasteiger partial charge on any atom is -0.477 e. The van der Waals surface area contributed by atoms with E-state index in [0.29, 0.717) is 17.4 Å². The summed E-state index contributed by atoms with van der Waals surface area (Å²) in [4.78, 5) is 25.7. The molecule has 0 bridgehead atoms. The average molecular weight is 246 g/mol. The molecule has 0 saturated heterocycles. The van der Waals surface area contributed by atoms with Gasteiger partial charge < -0.3 is 15.8 Å². The van der Waals surface area contributed by atoms with E-state index in [2.05, 4.69) is 4.98 Å². The van der Waals surface area contributed by atoms with Gasteiger partial charge in [-0.25, -0.2) is 4.79 Å². The third kappa shape index (κ3) is 2.26. The van der Waals surface area contributed by atoms with Crippen molar-refractivity contribution in [1.82, 2.24) is 4.98 Å². The maximum absolute atomic E-state index is 12.0. The van der Waals surface area contributed by atoms with Crippen LogP contribution in [-0.4, -0.2) is 22.6 Å². The van der Waals surface area contributed by atoms with Crippen molar-refractivity contribution in [2.45, 2.75) is 12.8 Å². The molecule has 5 heteroatoms. The molecule has 0 aliphatic rings. The summed E-state index contributed by atoms with van der Waals surface area (Å²) in [5, 5.41) is 9.31. The van der Waals surface area contributed by atoms with E-state index in [-0.39, 0.29) is 5.56 Å². The molecular formula is C13H14N2O3. The molecule has 0 aliphatic carbocycles. The molecule has 0 unspecified atom stereocenters. The number of aromatic amines is 1. The zero-order valence-corrected chi connectivity index (χ0v) is 9.77. The molecule has 1 aromatic carbocycles. The number of H-pyrrole nitrogens is 1. The molecule has 0 spiro atoms. The van der Waals surface area contributed by atoms with E-state index in [4.69, 9.17) is 10.8 Å². The van der Waals surface area contributed by atoms with Crippen molar-refractivity contribution in [3.8, 4) is 0 Å². The van der Waals surface area contributed by atoms with Crippen LogP contribution in [0.15, 0.2) is 29.2 Å². The zero-order chi connectivity index (χ0) is 13.1. The number of pyridine rings is 1. The quantitative estimate of drug-likeness (QED) is 0.753. The fourth-order valence-electron chi connectivity index (χ4n) is 1.89. The molecule has 0 amide bonds. The highest BCUT2D eigenvalue weighted by Crippen LogP contribution is 2.12. The molecule has 18 heavy (non-hydrogen) atoms. The first-order chi connectivity index (χ1) is 8.63. The Balaban J connectivity index is 2.56. The number of benzene rings is 1. The summed E-state index contributed by atoms with van der Waals surface area (Å²) in [5.74, 6) is -1.22. The van der Waals surface area contributed by atoms with Crippen molar-refractivity contribution in [2.24, 2.45) is 5.73 Å². The number of carboxylic acid groups (broad SMARTS) is 1. The average Bonchev–Trinajstić information content (AvgIpc) is 2.36.